The molecule has 0 amide bonds. The molecule has 0 bridgehead atoms. The predicted molar refractivity (Wildman–Crippen MR) is 36.5 cm³/mol. The van der Waals surface area contributed by atoms with Crippen LogP contribution in [0.3, 0.4) is 0 Å². The molecule has 0 aromatic heterocycles. The molecule has 0 aliphatic rings. The molecule has 0 aliphatic carbocycles. The molecule has 7 nitrogen and oxygen atoms in total. The van der Waals surface area contributed by atoms with Gasteiger partial charge in [-0.3, -0.25) is 0 Å². The Hall–Kier alpha value is -1.63. The summed E-state index contributed by atoms with van der Waals surface area (Å²) >= 11 is 0. The molecule has 0 aliphatic heterocycles. The van der Waals surface area contributed by atoms with Gasteiger partial charge in [0.05, 0.1) is 0 Å². The molecule has 0 heterocycles. The van der Waals surface area contributed by atoms with E-state index in [9.17, 15) is 0 Å². The van der Waals surface area contributed by atoms with Crippen molar-refractivity contribution in [3.05, 3.63) is 0 Å². The van der Waals surface area contributed by atoms with Gasteiger partial charge in [-0.15, -0.1) is 0 Å². The third kappa shape index (κ3) is 3.52. The van der Waals surface area contributed by atoms with Gasteiger partial charge >= 0.3 is 7.32 Å². The van der Waals surface area contributed by atoms with E-state index in [1.165, 1.54) is 18.2 Å². The zero-order valence-electron chi connectivity index (χ0n) is 6.34. The highest BCUT2D eigenvalue weighted by molar-refractivity contribution is 6.32. The third-order valence-corrected chi connectivity index (χ3v) is 1.00. The van der Waals surface area contributed by atoms with E-state index in [1.807, 2.05) is 0 Å². The first-order valence-electron chi connectivity index (χ1n) is 2.98. The SMILES string of the molecule is N#CC(C#N)(C#N)COOB(O)O. The monoisotopic (exact) mass is 181 g/mol. The number of nitrogens with zero attached hydrogens (tertiary/aromatic N) is 3. The molecule has 8 heteroatoms. The van der Waals surface area contributed by atoms with E-state index in [1.54, 1.807) is 0 Å². The molecule has 0 aromatic carbocycles. The molecule has 0 spiro atoms. The molecular weight excluding hydrogens is 177 g/mol. The van der Waals surface area contributed by atoms with Crippen LogP contribution < -0.4 is 0 Å². The minimum absolute atomic E-state index is 0.686. The second kappa shape index (κ2) is 5.10. The maximum Gasteiger partial charge on any atom is 0.662 e. The van der Waals surface area contributed by atoms with Crippen LogP contribution in [0.25, 0.3) is 0 Å². The Kier molecular flexibility index (Phi) is 4.46. The van der Waals surface area contributed by atoms with Crippen LogP contribution in [0.4, 0.5) is 0 Å². The molecule has 0 saturated heterocycles. The van der Waals surface area contributed by atoms with Crippen molar-refractivity contribution in [2.45, 2.75) is 0 Å². The van der Waals surface area contributed by atoms with Crippen molar-refractivity contribution in [2.24, 2.45) is 5.41 Å². The lowest BCUT2D eigenvalue weighted by Gasteiger charge is -2.08. The minimum Gasteiger partial charge on any atom is -0.400 e. The molecule has 66 valence electrons. The largest absolute Gasteiger partial charge is 0.662 e. The Morgan fingerprint density at radius 1 is 1.15 bits per heavy atom. The fourth-order valence-corrected chi connectivity index (χ4v) is 0.355. The Bertz CT molecular complexity index is 250. The first kappa shape index (κ1) is 11.4. The van der Waals surface area contributed by atoms with Crippen LogP contribution in [0.2, 0.25) is 0 Å². The Labute approximate surface area is 74.0 Å². The smallest absolute Gasteiger partial charge is 0.400 e. The van der Waals surface area contributed by atoms with E-state index in [2.05, 4.69) is 9.69 Å². The molecule has 0 rings (SSSR count). The fraction of sp³-hybridized carbons (Fsp3) is 0.400. The van der Waals surface area contributed by atoms with Gasteiger partial charge in [0.2, 0.25) is 0 Å². The van der Waals surface area contributed by atoms with Gasteiger partial charge in [-0.1, -0.05) is 0 Å². The quantitative estimate of drug-likeness (QED) is 0.305. The highest BCUT2D eigenvalue weighted by atomic mass is 17.2. The molecule has 0 unspecified atom stereocenters. The summed E-state index contributed by atoms with van der Waals surface area (Å²) < 4.78 is 0. The minimum atomic E-state index is -2.17. The lowest BCUT2D eigenvalue weighted by Crippen LogP contribution is -2.25. The maximum atomic E-state index is 8.39. The Morgan fingerprint density at radius 2 is 1.62 bits per heavy atom. The average Bonchev–Trinajstić information content (AvgIpc) is 2.13. The van der Waals surface area contributed by atoms with E-state index in [0.717, 1.165) is 0 Å². The second-order valence-electron chi connectivity index (χ2n) is 1.93. The summed E-state index contributed by atoms with van der Waals surface area (Å²) in [5, 5.41) is 41.4. The van der Waals surface area contributed by atoms with Crippen molar-refractivity contribution in [3.63, 3.8) is 0 Å². The summed E-state index contributed by atoms with van der Waals surface area (Å²) in [5.41, 5.74) is -1.99. The summed E-state index contributed by atoms with van der Waals surface area (Å²) in [4.78, 5) is 7.83. The summed E-state index contributed by atoms with van der Waals surface area (Å²) in [5.74, 6) is 0. The molecule has 13 heavy (non-hydrogen) atoms. The summed E-state index contributed by atoms with van der Waals surface area (Å²) in [7, 11) is -2.17. The average molecular weight is 181 g/mol. The molecular formula is C5H4BN3O4. The summed E-state index contributed by atoms with van der Waals surface area (Å²) in [6.45, 7) is -0.686. The fourth-order valence-electron chi connectivity index (χ4n) is 0.355. The van der Waals surface area contributed by atoms with Gasteiger partial charge < -0.3 is 10.0 Å². The van der Waals surface area contributed by atoms with E-state index in [-0.39, 0.29) is 0 Å². The van der Waals surface area contributed by atoms with Gasteiger partial charge in [-0.2, -0.15) is 15.8 Å². The first-order valence-corrected chi connectivity index (χ1v) is 2.98. The van der Waals surface area contributed by atoms with Crippen LogP contribution >= 0.6 is 0 Å². The highest BCUT2D eigenvalue weighted by Gasteiger charge is 2.31. The van der Waals surface area contributed by atoms with Crippen LogP contribution in [0.5, 0.6) is 0 Å². The highest BCUT2D eigenvalue weighted by Crippen LogP contribution is 2.13. The molecule has 0 radical (unpaired) electrons. The third-order valence-electron chi connectivity index (χ3n) is 1.00. The lowest BCUT2D eigenvalue weighted by atomic mass is 9.96. The topological polar surface area (TPSA) is 130 Å². The van der Waals surface area contributed by atoms with Crippen LogP contribution in [-0.2, 0) is 9.69 Å². The van der Waals surface area contributed by atoms with Gasteiger partial charge in [0.25, 0.3) is 5.41 Å². The zero-order valence-corrected chi connectivity index (χ0v) is 6.34. The van der Waals surface area contributed by atoms with Gasteiger partial charge in [0.1, 0.15) is 24.8 Å². The van der Waals surface area contributed by atoms with Crippen molar-refractivity contribution < 1.29 is 19.7 Å². The van der Waals surface area contributed by atoms with Gasteiger partial charge in [-0.05, 0) is 0 Å². The van der Waals surface area contributed by atoms with Gasteiger partial charge in [0.15, 0.2) is 0 Å². The van der Waals surface area contributed by atoms with E-state index in [4.69, 9.17) is 25.8 Å². The van der Waals surface area contributed by atoms with Crippen molar-refractivity contribution in [1.82, 2.24) is 0 Å². The molecule has 0 aromatic rings. The Balaban J connectivity index is 4.11. The Morgan fingerprint density at radius 3 is 1.92 bits per heavy atom. The van der Waals surface area contributed by atoms with Gasteiger partial charge in [0, 0.05) is 0 Å². The normalized spacial score (nSPS) is 9.46. The van der Waals surface area contributed by atoms with Crippen molar-refractivity contribution in [2.75, 3.05) is 6.61 Å². The standard InChI is InChI=1S/C5H4BN3O4/c7-1-5(2-8,3-9)4-12-13-6(10)11/h10-11H,4H2. The number of nitriles is 3. The lowest BCUT2D eigenvalue weighted by molar-refractivity contribution is -0.241. The molecule has 2 N–H and O–H groups in total. The van der Waals surface area contributed by atoms with Crippen molar-refractivity contribution in [3.8, 4) is 18.2 Å². The van der Waals surface area contributed by atoms with Crippen molar-refractivity contribution in [1.29, 1.82) is 15.8 Å². The zero-order chi connectivity index (χ0) is 10.3. The van der Waals surface area contributed by atoms with Crippen LogP contribution in [0.15, 0.2) is 0 Å². The predicted octanol–water partition coefficient (Wildman–Crippen LogP) is -1.54. The van der Waals surface area contributed by atoms with Crippen LogP contribution in [-0.4, -0.2) is 24.0 Å². The summed E-state index contributed by atoms with van der Waals surface area (Å²) in [6.07, 6.45) is 0. The molecule has 0 saturated carbocycles. The van der Waals surface area contributed by atoms with Gasteiger partial charge in [-0.25, -0.2) is 9.69 Å². The van der Waals surface area contributed by atoms with Crippen LogP contribution in [0, 0.1) is 39.4 Å². The molecule has 0 fully saturated rings. The number of rotatable bonds is 4. The number of hydrogen-bond acceptors (Lipinski definition) is 7. The van der Waals surface area contributed by atoms with Crippen LogP contribution in [0.1, 0.15) is 0 Å². The van der Waals surface area contributed by atoms with E-state index < -0.39 is 19.3 Å². The van der Waals surface area contributed by atoms with E-state index >= 15 is 0 Å². The first-order chi connectivity index (χ1) is 6.10. The second-order valence-corrected chi connectivity index (χ2v) is 1.93. The van der Waals surface area contributed by atoms with Crippen molar-refractivity contribution >= 4 is 7.32 Å². The molecule has 0 atom stereocenters. The summed E-state index contributed by atoms with van der Waals surface area (Å²) in [6, 6.07) is 4.19. The maximum absolute atomic E-state index is 8.39. The van der Waals surface area contributed by atoms with E-state index in [0.29, 0.717) is 0 Å². The number of hydrogen-bond donors (Lipinski definition) is 2.